The maximum atomic E-state index is 12.5. The van der Waals surface area contributed by atoms with Crippen LogP contribution in [0.15, 0.2) is 65.1 Å². The number of thiazole rings is 1. The fourth-order valence-electron chi connectivity index (χ4n) is 3.13. The lowest BCUT2D eigenvalue weighted by molar-refractivity contribution is -0.113. The van der Waals surface area contributed by atoms with Gasteiger partial charge in [-0.3, -0.25) is 9.59 Å². The second-order valence-electron chi connectivity index (χ2n) is 7.34. The molecule has 0 spiro atoms. The molecule has 0 aliphatic rings. The van der Waals surface area contributed by atoms with Crippen molar-refractivity contribution in [2.75, 3.05) is 11.1 Å². The molecule has 2 aromatic carbocycles. The zero-order chi connectivity index (χ0) is 24.1. The first-order valence-electron chi connectivity index (χ1n) is 10.3. The smallest absolute Gasteiger partial charge is 0.251 e. The summed E-state index contributed by atoms with van der Waals surface area (Å²) in [6.07, 6.45) is 0. The van der Waals surface area contributed by atoms with Gasteiger partial charge in [-0.05, 0) is 31.2 Å². The van der Waals surface area contributed by atoms with Crippen molar-refractivity contribution in [2.45, 2.75) is 18.1 Å². The summed E-state index contributed by atoms with van der Waals surface area (Å²) in [6.45, 7) is 1.83. The van der Waals surface area contributed by atoms with Gasteiger partial charge < -0.3 is 15.2 Å². The molecule has 2 heterocycles. The van der Waals surface area contributed by atoms with Crippen LogP contribution in [0.2, 0.25) is 5.02 Å². The predicted octanol–water partition coefficient (Wildman–Crippen LogP) is 4.81. The van der Waals surface area contributed by atoms with E-state index in [4.69, 9.17) is 11.6 Å². The number of anilines is 1. The Morgan fingerprint density at radius 3 is 2.59 bits per heavy atom. The second-order valence-corrected chi connectivity index (χ2v) is 9.58. The molecule has 0 radical (unpaired) electrons. The van der Waals surface area contributed by atoms with Crippen molar-refractivity contribution in [3.63, 3.8) is 0 Å². The summed E-state index contributed by atoms with van der Waals surface area (Å²) < 4.78 is 1.77. The van der Waals surface area contributed by atoms with Gasteiger partial charge in [0.2, 0.25) is 5.91 Å². The summed E-state index contributed by atoms with van der Waals surface area (Å²) in [6, 6.07) is 16.1. The third kappa shape index (κ3) is 5.82. The highest BCUT2D eigenvalue weighted by atomic mass is 35.5. The topological polar surface area (TPSA) is 102 Å². The highest BCUT2D eigenvalue weighted by Gasteiger charge is 2.19. The van der Waals surface area contributed by atoms with Crippen molar-refractivity contribution >= 4 is 51.6 Å². The van der Waals surface area contributed by atoms with Crippen molar-refractivity contribution in [2.24, 2.45) is 7.05 Å². The number of hydrogen-bond donors (Lipinski definition) is 2. The molecule has 2 aromatic heterocycles. The second kappa shape index (κ2) is 10.8. The number of carbonyl (C=O) groups is 2. The molecule has 11 heteroatoms. The van der Waals surface area contributed by atoms with Gasteiger partial charge in [0.15, 0.2) is 16.1 Å². The van der Waals surface area contributed by atoms with Crippen molar-refractivity contribution < 1.29 is 9.59 Å². The van der Waals surface area contributed by atoms with Gasteiger partial charge in [-0.1, -0.05) is 53.7 Å². The molecule has 1 atom stereocenters. The molecule has 2 N–H and O–H groups in total. The van der Waals surface area contributed by atoms with Crippen LogP contribution < -0.4 is 10.6 Å². The standard InChI is InChI=1S/C23H21ClN6O2S2/c1-14(25-21(32)16-8-10-17(24)11-9-16)20-28-29-23(30(20)2)34-13-19(31)27-22-26-18(12-33-22)15-6-4-3-5-7-15/h3-12,14H,13H2,1-2H3,(H,25,32)(H,26,27,31)/t14-/m0/s1. The first-order chi connectivity index (χ1) is 16.4. The maximum absolute atomic E-state index is 12.5. The molecule has 0 bridgehead atoms. The molecule has 0 fully saturated rings. The van der Waals surface area contributed by atoms with Crippen LogP contribution >= 0.6 is 34.7 Å². The van der Waals surface area contributed by atoms with E-state index < -0.39 is 0 Å². The van der Waals surface area contributed by atoms with Crippen LogP contribution in [-0.2, 0) is 11.8 Å². The van der Waals surface area contributed by atoms with E-state index in [1.807, 2.05) is 42.6 Å². The molecule has 8 nitrogen and oxygen atoms in total. The Morgan fingerprint density at radius 1 is 1.12 bits per heavy atom. The molecule has 34 heavy (non-hydrogen) atoms. The molecule has 2 amide bonds. The molecule has 0 aliphatic carbocycles. The first-order valence-corrected chi connectivity index (χ1v) is 12.5. The van der Waals surface area contributed by atoms with E-state index in [1.54, 1.807) is 35.9 Å². The predicted molar refractivity (Wildman–Crippen MR) is 135 cm³/mol. The SMILES string of the molecule is C[C@H](NC(=O)c1ccc(Cl)cc1)c1nnc(SCC(=O)Nc2nc(-c3ccccc3)cs2)n1C. The minimum absolute atomic E-state index is 0.151. The van der Waals surface area contributed by atoms with E-state index in [0.717, 1.165) is 11.3 Å². The number of rotatable bonds is 8. The molecule has 0 saturated heterocycles. The van der Waals surface area contributed by atoms with Crippen molar-refractivity contribution in [1.82, 2.24) is 25.1 Å². The van der Waals surface area contributed by atoms with E-state index >= 15 is 0 Å². The summed E-state index contributed by atoms with van der Waals surface area (Å²) in [5, 5.41) is 17.7. The van der Waals surface area contributed by atoms with Gasteiger partial charge >= 0.3 is 0 Å². The molecular formula is C23H21ClN6O2S2. The summed E-state index contributed by atoms with van der Waals surface area (Å²) in [5.41, 5.74) is 2.32. The van der Waals surface area contributed by atoms with Crippen LogP contribution in [0, 0.1) is 0 Å². The number of aromatic nitrogens is 4. The van der Waals surface area contributed by atoms with Gasteiger partial charge in [0.05, 0.1) is 17.5 Å². The quantitative estimate of drug-likeness (QED) is 0.328. The van der Waals surface area contributed by atoms with Gasteiger partial charge in [0, 0.05) is 28.6 Å². The Hall–Kier alpha value is -3.21. The van der Waals surface area contributed by atoms with E-state index in [9.17, 15) is 9.59 Å². The number of hydrogen-bond acceptors (Lipinski definition) is 7. The van der Waals surface area contributed by atoms with Gasteiger partial charge in [0.1, 0.15) is 0 Å². The lowest BCUT2D eigenvalue weighted by Gasteiger charge is -2.13. The average molecular weight is 513 g/mol. The summed E-state index contributed by atoms with van der Waals surface area (Å²) >= 11 is 8.51. The minimum Gasteiger partial charge on any atom is -0.342 e. The van der Waals surface area contributed by atoms with Gasteiger partial charge in [0.25, 0.3) is 5.91 Å². The molecule has 174 valence electrons. The summed E-state index contributed by atoms with van der Waals surface area (Å²) in [5.74, 6) is 0.307. The number of carbonyl (C=O) groups excluding carboxylic acids is 2. The van der Waals surface area contributed by atoms with Crippen LogP contribution in [0.5, 0.6) is 0 Å². The van der Waals surface area contributed by atoms with E-state index in [0.29, 0.717) is 26.7 Å². The summed E-state index contributed by atoms with van der Waals surface area (Å²) in [7, 11) is 1.80. The number of amides is 2. The zero-order valence-electron chi connectivity index (χ0n) is 18.4. The molecule has 0 aliphatic heterocycles. The van der Waals surface area contributed by atoms with E-state index in [2.05, 4.69) is 25.8 Å². The zero-order valence-corrected chi connectivity index (χ0v) is 20.7. The molecule has 0 unspecified atom stereocenters. The number of benzene rings is 2. The monoisotopic (exact) mass is 512 g/mol. The van der Waals surface area contributed by atoms with Gasteiger partial charge in [-0.2, -0.15) is 0 Å². The average Bonchev–Trinajstić information content (AvgIpc) is 3.45. The Morgan fingerprint density at radius 2 is 1.85 bits per heavy atom. The lowest BCUT2D eigenvalue weighted by atomic mass is 10.2. The number of halogens is 1. The van der Waals surface area contributed by atoms with Crippen LogP contribution in [0.25, 0.3) is 11.3 Å². The Bertz CT molecular complexity index is 1290. The number of thioether (sulfide) groups is 1. The van der Waals surface area contributed by atoms with Gasteiger partial charge in [-0.25, -0.2) is 4.98 Å². The van der Waals surface area contributed by atoms with Crippen molar-refractivity contribution in [1.29, 1.82) is 0 Å². The molecule has 4 rings (SSSR count). The van der Waals surface area contributed by atoms with Gasteiger partial charge in [-0.15, -0.1) is 21.5 Å². The Kier molecular flexibility index (Phi) is 7.61. The van der Waals surface area contributed by atoms with Crippen LogP contribution in [0.4, 0.5) is 5.13 Å². The van der Waals surface area contributed by atoms with Crippen molar-refractivity contribution in [3.05, 3.63) is 76.4 Å². The largest absolute Gasteiger partial charge is 0.342 e. The van der Waals surface area contributed by atoms with E-state index in [-0.39, 0.29) is 23.6 Å². The highest BCUT2D eigenvalue weighted by molar-refractivity contribution is 7.99. The van der Waals surface area contributed by atoms with Crippen molar-refractivity contribution in [3.8, 4) is 11.3 Å². The minimum atomic E-state index is -0.379. The lowest BCUT2D eigenvalue weighted by Crippen LogP contribution is -2.28. The fraction of sp³-hybridized carbons (Fsp3) is 0.174. The maximum Gasteiger partial charge on any atom is 0.251 e. The number of nitrogens with one attached hydrogen (secondary N) is 2. The molecule has 0 saturated carbocycles. The fourth-order valence-corrected chi connectivity index (χ4v) is 4.71. The van der Waals surface area contributed by atoms with E-state index in [1.165, 1.54) is 23.1 Å². The third-order valence-electron chi connectivity index (χ3n) is 4.86. The molecule has 4 aromatic rings. The Labute approximate surface area is 209 Å². The highest BCUT2D eigenvalue weighted by Crippen LogP contribution is 2.25. The Balaban J connectivity index is 1.31. The summed E-state index contributed by atoms with van der Waals surface area (Å²) in [4.78, 5) is 29.4. The van der Waals surface area contributed by atoms with Crippen LogP contribution in [-0.4, -0.2) is 37.3 Å². The first kappa shape index (κ1) is 23.9. The van der Waals surface area contributed by atoms with Crippen LogP contribution in [0.3, 0.4) is 0 Å². The molecular weight excluding hydrogens is 492 g/mol. The number of nitrogens with zero attached hydrogens (tertiary/aromatic N) is 4. The normalized spacial score (nSPS) is 11.7. The third-order valence-corrected chi connectivity index (χ3v) is 6.89. The van der Waals surface area contributed by atoms with Crippen LogP contribution in [0.1, 0.15) is 29.1 Å².